The van der Waals surface area contributed by atoms with Crippen LogP contribution in [0.1, 0.15) is 17.3 Å². The summed E-state index contributed by atoms with van der Waals surface area (Å²) in [6.45, 7) is 4.07. The van der Waals surface area contributed by atoms with Crippen LogP contribution in [-0.4, -0.2) is 53.6 Å². The highest BCUT2D eigenvalue weighted by Gasteiger charge is 2.28. The molecular weight excluding hydrogens is 380 g/mol. The number of hydrogen-bond acceptors (Lipinski definition) is 6. The first kappa shape index (κ1) is 19.7. The first-order chi connectivity index (χ1) is 14.6. The highest BCUT2D eigenvalue weighted by atomic mass is 16.5. The second kappa shape index (κ2) is 8.82. The molecule has 2 aromatic carbocycles. The molecule has 1 amide bonds. The number of ether oxygens (including phenoxy) is 2. The van der Waals surface area contributed by atoms with Crippen LogP contribution in [0.4, 0.5) is 5.82 Å². The molecule has 7 nitrogen and oxygen atoms in total. The van der Waals surface area contributed by atoms with E-state index < -0.39 is 0 Å². The minimum Gasteiger partial charge on any atom is -0.497 e. The first-order valence-electron chi connectivity index (χ1n) is 9.89. The van der Waals surface area contributed by atoms with Gasteiger partial charge in [0.05, 0.1) is 7.11 Å². The molecule has 0 bridgehead atoms. The molecule has 1 saturated heterocycles. The van der Waals surface area contributed by atoms with Gasteiger partial charge in [0, 0.05) is 43.4 Å². The number of hydrogen-bond donors (Lipinski definition) is 0. The van der Waals surface area contributed by atoms with Gasteiger partial charge in [-0.05, 0) is 31.2 Å². The van der Waals surface area contributed by atoms with E-state index in [1.807, 2.05) is 59.5 Å². The summed E-state index contributed by atoms with van der Waals surface area (Å²) >= 11 is 0. The van der Waals surface area contributed by atoms with E-state index in [1.165, 1.54) is 6.33 Å². The van der Waals surface area contributed by atoms with E-state index in [1.54, 1.807) is 13.2 Å². The zero-order valence-corrected chi connectivity index (χ0v) is 17.1. The van der Waals surface area contributed by atoms with Gasteiger partial charge in [-0.1, -0.05) is 24.3 Å². The maximum Gasteiger partial charge on any atom is 0.254 e. The maximum atomic E-state index is 12.8. The Morgan fingerprint density at radius 1 is 1.00 bits per heavy atom. The van der Waals surface area contributed by atoms with Crippen molar-refractivity contribution in [2.24, 2.45) is 0 Å². The zero-order chi connectivity index (χ0) is 20.9. The van der Waals surface area contributed by atoms with E-state index in [-0.39, 0.29) is 11.9 Å². The molecule has 3 aromatic rings. The van der Waals surface area contributed by atoms with Gasteiger partial charge < -0.3 is 19.3 Å². The molecule has 1 aliphatic heterocycles. The number of aromatic nitrogens is 2. The summed E-state index contributed by atoms with van der Waals surface area (Å²) in [6, 6.07) is 18.7. The number of rotatable bonds is 5. The van der Waals surface area contributed by atoms with E-state index >= 15 is 0 Å². The molecule has 0 N–H and O–H groups in total. The summed E-state index contributed by atoms with van der Waals surface area (Å²) in [4.78, 5) is 25.5. The van der Waals surface area contributed by atoms with E-state index in [0.29, 0.717) is 36.8 Å². The molecular formula is C23H24N4O3. The predicted molar refractivity (Wildman–Crippen MR) is 114 cm³/mol. The second-order valence-corrected chi connectivity index (χ2v) is 7.16. The van der Waals surface area contributed by atoms with Crippen LogP contribution in [0.3, 0.4) is 0 Å². The van der Waals surface area contributed by atoms with Gasteiger partial charge in [0.1, 0.15) is 23.6 Å². The van der Waals surface area contributed by atoms with Crippen molar-refractivity contribution in [3.63, 3.8) is 0 Å². The first-order valence-corrected chi connectivity index (χ1v) is 9.89. The van der Waals surface area contributed by atoms with Crippen molar-refractivity contribution in [3.8, 4) is 17.4 Å². The van der Waals surface area contributed by atoms with Crippen molar-refractivity contribution >= 4 is 11.7 Å². The van der Waals surface area contributed by atoms with Crippen LogP contribution in [0.2, 0.25) is 0 Å². The largest absolute Gasteiger partial charge is 0.497 e. The van der Waals surface area contributed by atoms with Crippen molar-refractivity contribution < 1.29 is 14.3 Å². The normalized spacial score (nSPS) is 16.3. The number of benzene rings is 2. The number of amides is 1. The smallest absolute Gasteiger partial charge is 0.254 e. The topological polar surface area (TPSA) is 67.8 Å². The van der Waals surface area contributed by atoms with Crippen molar-refractivity contribution in [3.05, 3.63) is 72.6 Å². The lowest BCUT2D eigenvalue weighted by Gasteiger charge is -2.40. The van der Waals surface area contributed by atoms with Gasteiger partial charge in [0.2, 0.25) is 5.88 Å². The predicted octanol–water partition coefficient (Wildman–Crippen LogP) is 3.63. The summed E-state index contributed by atoms with van der Waals surface area (Å²) in [5, 5.41) is 0. The Morgan fingerprint density at radius 3 is 2.57 bits per heavy atom. The van der Waals surface area contributed by atoms with Gasteiger partial charge >= 0.3 is 0 Å². The summed E-state index contributed by atoms with van der Waals surface area (Å²) in [5.41, 5.74) is 0.716. The quantitative estimate of drug-likeness (QED) is 0.647. The average molecular weight is 404 g/mol. The van der Waals surface area contributed by atoms with Gasteiger partial charge in [-0.2, -0.15) is 0 Å². The molecule has 1 fully saturated rings. The molecule has 1 unspecified atom stereocenters. The summed E-state index contributed by atoms with van der Waals surface area (Å²) in [7, 11) is 1.62. The summed E-state index contributed by atoms with van der Waals surface area (Å²) in [5.74, 6) is 2.66. The molecule has 154 valence electrons. The maximum absolute atomic E-state index is 12.8. The lowest BCUT2D eigenvalue weighted by molar-refractivity contribution is 0.0673. The fourth-order valence-corrected chi connectivity index (χ4v) is 3.56. The molecule has 0 aliphatic carbocycles. The van der Waals surface area contributed by atoms with Crippen LogP contribution in [0.25, 0.3) is 0 Å². The second-order valence-electron chi connectivity index (χ2n) is 7.16. The van der Waals surface area contributed by atoms with Crippen LogP contribution in [0.5, 0.6) is 17.4 Å². The van der Waals surface area contributed by atoms with Gasteiger partial charge in [-0.3, -0.25) is 4.79 Å². The average Bonchev–Trinajstić information content (AvgIpc) is 2.79. The van der Waals surface area contributed by atoms with Crippen LogP contribution in [-0.2, 0) is 0 Å². The fraction of sp³-hybridized carbons (Fsp3) is 0.261. The Hall–Kier alpha value is -3.61. The SMILES string of the molecule is COc1cccc(Oc2cc(N3CCN(C(=O)c4ccccc4)C(C)C3)ncn2)c1. The summed E-state index contributed by atoms with van der Waals surface area (Å²) < 4.78 is 11.1. The monoisotopic (exact) mass is 404 g/mol. The minimum atomic E-state index is 0.0594. The Morgan fingerprint density at radius 2 is 1.80 bits per heavy atom. The van der Waals surface area contributed by atoms with Crippen LogP contribution >= 0.6 is 0 Å². The Bertz CT molecular complexity index is 1010. The Kier molecular flexibility index (Phi) is 5.79. The molecule has 1 aliphatic rings. The van der Waals surface area contributed by atoms with E-state index in [9.17, 15) is 4.79 Å². The minimum absolute atomic E-state index is 0.0594. The van der Waals surface area contributed by atoms with Gasteiger partial charge in [-0.15, -0.1) is 0 Å². The molecule has 7 heteroatoms. The molecule has 0 radical (unpaired) electrons. The third-order valence-electron chi connectivity index (χ3n) is 5.12. The van der Waals surface area contributed by atoms with Gasteiger partial charge in [-0.25, -0.2) is 9.97 Å². The zero-order valence-electron chi connectivity index (χ0n) is 17.1. The van der Waals surface area contributed by atoms with E-state index in [2.05, 4.69) is 21.8 Å². The number of anilines is 1. The molecule has 0 spiro atoms. The molecule has 0 saturated carbocycles. The molecule has 1 atom stereocenters. The van der Waals surface area contributed by atoms with Crippen molar-refractivity contribution in [2.75, 3.05) is 31.6 Å². The standard InChI is InChI=1S/C23H24N4O3/c1-17-15-26(11-12-27(17)23(28)18-7-4-3-5-8-18)21-14-22(25-16-24-21)30-20-10-6-9-19(13-20)29-2/h3-10,13-14,16-17H,11-12,15H2,1-2H3. The number of nitrogens with zero attached hydrogens (tertiary/aromatic N) is 4. The highest BCUT2D eigenvalue weighted by Crippen LogP contribution is 2.26. The molecule has 4 rings (SSSR count). The van der Waals surface area contributed by atoms with Crippen LogP contribution in [0.15, 0.2) is 67.0 Å². The number of carbonyl (C=O) groups excluding carboxylic acids is 1. The third-order valence-corrected chi connectivity index (χ3v) is 5.12. The Balaban J connectivity index is 1.44. The van der Waals surface area contributed by atoms with Crippen molar-refractivity contribution in [1.82, 2.24) is 14.9 Å². The lowest BCUT2D eigenvalue weighted by atomic mass is 10.1. The van der Waals surface area contributed by atoms with Crippen LogP contribution < -0.4 is 14.4 Å². The Labute approximate surface area is 175 Å². The fourth-order valence-electron chi connectivity index (χ4n) is 3.56. The van der Waals surface area contributed by atoms with Gasteiger partial charge in [0.25, 0.3) is 5.91 Å². The number of carbonyl (C=O) groups is 1. The molecule has 30 heavy (non-hydrogen) atoms. The van der Waals surface area contributed by atoms with E-state index in [4.69, 9.17) is 9.47 Å². The number of methoxy groups -OCH3 is 1. The lowest BCUT2D eigenvalue weighted by Crippen LogP contribution is -2.54. The van der Waals surface area contributed by atoms with Gasteiger partial charge in [0.15, 0.2) is 0 Å². The molecule has 2 heterocycles. The number of piperazine rings is 1. The van der Waals surface area contributed by atoms with Crippen molar-refractivity contribution in [1.29, 1.82) is 0 Å². The summed E-state index contributed by atoms with van der Waals surface area (Å²) in [6.07, 6.45) is 1.50. The van der Waals surface area contributed by atoms with Crippen molar-refractivity contribution in [2.45, 2.75) is 13.0 Å². The third kappa shape index (κ3) is 4.35. The highest BCUT2D eigenvalue weighted by molar-refractivity contribution is 5.94. The van der Waals surface area contributed by atoms with E-state index in [0.717, 1.165) is 11.6 Å². The van der Waals surface area contributed by atoms with Crippen LogP contribution in [0, 0.1) is 0 Å². The molecule has 1 aromatic heterocycles.